The van der Waals surface area contributed by atoms with Crippen molar-refractivity contribution in [2.75, 3.05) is 43.4 Å². The van der Waals surface area contributed by atoms with Crippen molar-refractivity contribution in [3.63, 3.8) is 0 Å². The highest BCUT2D eigenvalue weighted by atomic mass is 35.5. The van der Waals surface area contributed by atoms with Crippen molar-refractivity contribution in [3.8, 4) is 0 Å². The second-order valence-corrected chi connectivity index (χ2v) is 7.81. The summed E-state index contributed by atoms with van der Waals surface area (Å²) in [5.41, 5.74) is 1.01. The molecule has 4 rings (SSSR count). The van der Waals surface area contributed by atoms with Crippen molar-refractivity contribution in [1.82, 2.24) is 14.9 Å². The average Bonchev–Trinajstić information content (AvgIpc) is 2.72. The molecule has 11 heteroatoms. The zero-order valence-electron chi connectivity index (χ0n) is 15.9. The maximum atomic E-state index is 14.3. The van der Waals surface area contributed by atoms with Crippen LogP contribution in [0.2, 0.25) is 10.0 Å². The molecule has 2 aromatic carbocycles. The van der Waals surface area contributed by atoms with E-state index in [1.165, 1.54) is 18.5 Å². The third-order valence-electron chi connectivity index (χ3n) is 5.04. The van der Waals surface area contributed by atoms with E-state index in [1.807, 2.05) is 11.9 Å². The minimum Gasteiger partial charge on any atom is -0.363 e. The molecule has 1 aliphatic heterocycles. The van der Waals surface area contributed by atoms with Gasteiger partial charge in [-0.05, 0) is 25.2 Å². The minimum absolute atomic E-state index is 0.0511. The summed E-state index contributed by atoms with van der Waals surface area (Å²) < 4.78 is 14.3. The van der Waals surface area contributed by atoms with Gasteiger partial charge in [0.2, 0.25) is 0 Å². The lowest BCUT2D eigenvalue weighted by molar-refractivity contribution is -0.384. The lowest BCUT2D eigenvalue weighted by Crippen LogP contribution is -2.44. The van der Waals surface area contributed by atoms with E-state index in [2.05, 4.69) is 20.2 Å². The maximum Gasteiger partial charge on any atom is 0.293 e. The molecule has 0 unspecified atom stereocenters. The Morgan fingerprint density at radius 2 is 1.80 bits per heavy atom. The molecule has 1 aliphatic rings. The predicted octanol–water partition coefficient (Wildman–Crippen LogP) is 4.48. The molecule has 8 nitrogen and oxygen atoms in total. The second-order valence-electron chi connectivity index (χ2n) is 7.00. The molecular weight excluding hydrogens is 434 g/mol. The van der Waals surface area contributed by atoms with Crippen LogP contribution in [0.1, 0.15) is 0 Å². The third-order valence-corrected chi connectivity index (χ3v) is 5.76. The van der Waals surface area contributed by atoms with Gasteiger partial charge in [0, 0.05) is 37.6 Å². The van der Waals surface area contributed by atoms with E-state index in [1.54, 1.807) is 6.07 Å². The Kier molecular flexibility index (Phi) is 5.59. The Hall–Kier alpha value is -2.75. The topological polar surface area (TPSA) is 87.4 Å². The van der Waals surface area contributed by atoms with Crippen LogP contribution in [0.25, 0.3) is 10.9 Å². The molecule has 0 amide bonds. The largest absolute Gasteiger partial charge is 0.363 e. The Morgan fingerprint density at radius 3 is 2.50 bits per heavy atom. The van der Waals surface area contributed by atoms with E-state index in [0.717, 1.165) is 19.2 Å². The molecule has 1 fully saturated rings. The highest BCUT2D eigenvalue weighted by molar-refractivity contribution is 6.42. The SMILES string of the molecule is CN1CCN(c2cc3ncnc(Nc4cc(Cl)c(Cl)cc4F)c3cc2[N+](=O)[O-])CC1. The third kappa shape index (κ3) is 3.96. The van der Waals surface area contributed by atoms with Crippen molar-refractivity contribution in [3.05, 3.63) is 56.6 Å². The number of anilines is 3. The first-order valence-corrected chi connectivity index (χ1v) is 9.87. The van der Waals surface area contributed by atoms with E-state index < -0.39 is 10.7 Å². The average molecular weight is 451 g/mol. The number of benzene rings is 2. The minimum atomic E-state index is -0.625. The van der Waals surface area contributed by atoms with E-state index in [9.17, 15) is 14.5 Å². The van der Waals surface area contributed by atoms with Gasteiger partial charge in [-0.15, -0.1) is 0 Å². The Balaban J connectivity index is 1.79. The standard InChI is InChI=1S/C19H17Cl2FN6O2/c1-26-2-4-27(5-3-26)17-9-15-11(6-18(17)28(29)30)19(24-10-23-15)25-16-8-13(21)12(20)7-14(16)22/h6-10H,2-5H2,1H3,(H,23,24,25). The van der Waals surface area contributed by atoms with E-state index in [-0.39, 0.29) is 27.2 Å². The van der Waals surface area contributed by atoms with Crippen LogP contribution in [0.3, 0.4) is 0 Å². The summed E-state index contributed by atoms with van der Waals surface area (Å²) in [6, 6.07) is 5.52. The van der Waals surface area contributed by atoms with Gasteiger partial charge >= 0.3 is 0 Å². The van der Waals surface area contributed by atoms with Gasteiger partial charge in [0.15, 0.2) is 0 Å². The first-order valence-electron chi connectivity index (χ1n) is 9.11. The van der Waals surface area contributed by atoms with Gasteiger partial charge in [-0.2, -0.15) is 0 Å². The van der Waals surface area contributed by atoms with Crippen LogP contribution in [0.15, 0.2) is 30.6 Å². The Bertz CT molecular complexity index is 1140. The number of hydrogen-bond acceptors (Lipinski definition) is 7. The first kappa shape index (κ1) is 20.5. The van der Waals surface area contributed by atoms with Crippen LogP contribution in [0.4, 0.5) is 27.3 Å². The number of halogens is 3. The van der Waals surface area contributed by atoms with Crippen LogP contribution in [-0.4, -0.2) is 53.0 Å². The summed E-state index contributed by atoms with van der Waals surface area (Å²) in [5.74, 6) is -0.398. The van der Waals surface area contributed by atoms with Gasteiger partial charge in [-0.3, -0.25) is 10.1 Å². The summed E-state index contributed by atoms with van der Waals surface area (Å²) in [6.07, 6.45) is 1.32. The summed E-state index contributed by atoms with van der Waals surface area (Å²) in [6.45, 7) is 2.96. The zero-order chi connectivity index (χ0) is 21.4. The normalized spacial score (nSPS) is 14.9. The maximum absolute atomic E-state index is 14.3. The fourth-order valence-electron chi connectivity index (χ4n) is 3.37. The number of nitrogens with one attached hydrogen (secondary N) is 1. The highest BCUT2D eigenvalue weighted by Crippen LogP contribution is 2.36. The van der Waals surface area contributed by atoms with Crippen molar-refractivity contribution in [2.45, 2.75) is 0 Å². The molecule has 0 aliphatic carbocycles. The molecule has 1 N–H and O–H groups in total. The van der Waals surface area contributed by atoms with E-state index in [4.69, 9.17) is 23.2 Å². The molecule has 2 heterocycles. The fraction of sp³-hybridized carbons (Fsp3) is 0.263. The molecule has 1 aromatic heterocycles. The Morgan fingerprint density at radius 1 is 1.10 bits per heavy atom. The van der Waals surface area contributed by atoms with Gasteiger partial charge in [-0.1, -0.05) is 23.2 Å². The number of piperazine rings is 1. The van der Waals surface area contributed by atoms with Gasteiger partial charge in [-0.25, -0.2) is 14.4 Å². The first-order chi connectivity index (χ1) is 14.3. The summed E-state index contributed by atoms with van der Waals surface area (Å²) in [4.78, 5) is 23.9. The molecule has 3 aromatic rings. The molecule has 0 radical (unpaired) electrons. The quantitative estimate of drug-likeness (QED) is 0.356. The van der Waals surface area contributed by atoms with E-state index in [0.29, 0.717) is 29.7 Å². The lowest BCUT2D eigenvalue weighted by atomic mass is 10.1. The summed E-state index contributed by atoms with van der Waals surface area (Å²) in [5, 5.41) is 15.3. The van der Waals surface area contributed by atoms with E-state index >= 15 is 0 Å². The summed E-state index contributed by atoms with van der Waals surface area (Å²) in [7, 11) is 2.01. The lowest BCUT2D eigenvalue weighted by Gasteiger charge is -2.33. The van der Waals surface area contributed by atoms with Crippen molar-refractivity contribution < 1.29 is 9.31 Å². The van der Waals surface area contributed by atoms with Crippen LogP contribution >= 0.6 is 23.2 Å². The van der Waals surface area contributed by atoms with Crippen molar-refractivity contribution >= 4 is 57.0 Å². The van der Waals surface area contributed by atoms with Crippen LogP contribution in [-0.2, 0) is 0 Å². The van der Waals surface area contributed by atoms with Crippen LogP contribution in [0, 0.1) is 15.9 Å². The highest BCUT2D eigenvalue weighted by Gasteiger charge is 2.25. The number of hydrogen-bond donors (Lipinski definition) is 1. The number of nitro benzene ring substituents is 1. The summed E-state index contributed by atoms with van der Waals surface area (Å²) >= 11 is 11.8. The molecule has 1 saturated heterocycles. The molecule has 0 bridgehead atoms. The van der Waals surface area contributed by atoms with Crippen molar-refractivity contribution in [1.29, 1.82) is 0 Å². The van der Waals surface area contributed by atoms with Gasteiger partial charge < -0.3 is 15.1 Å². The number of aromatic nitrogens is 2. The van der Waals surface area contributed by atoms with Crippen LogP contribution < -0.4 is 10.2 Å². The second kappa shape index (κ2) is 8.17. The number of nitro groups is 1. The van der Waals surface area contributed by atoms with Crippen LogP contribution in [0.5, 0.6) is 0 Å². The smallest absolute Gasteiger partial charge is 0.293 e. The van der Waals surface area contributed by atoms with Gasteiger partial charge in [0.1, 0.15) is 23.6 Å². The van der Waals surface area contributed by atoms with Gasteiger partial charge in [0.25, 0.3) is 5.69 Å². The molecular formula is C19H17Cl2FN6O2. The molecule has 156 valence electrons. The molecule has 0 atom stereocenters. The molecule has 0 saturated carbocycles. The van der Waals surface area contributed by atoms with Crippen molar-refractivity contribution in [2.24, 2.45) is 0 Å². The molecule has 30 heavy (non-hydrogen) atoms. The number of rotatable bonds is 4. The number of nitrogens with zero attached hydrogens (tertiary/aromatic N) is 5. The van der Waals surface area contributed by atoms with Gasteiger partial charge in [0.05, 0.1) is 26.2 Å². The monoisotopic (exact) mass is 450 g/mol. The Labute approximate surface area is 181 Å². The number of likely N-dealkylation sites (N-methyl/N-ethyl adjacent to an activating group) is 1. The molecule has 0 spiro atoms. The number of fused-ring (bicyclic) bond motifs is 1. The zero-order valence-corrected chi connectivity index (χ0v) is 17.4. The predicted molar refractivity (Wildman–Crippen MR) is 116 cm³/mol. The fourth-order valence-corrected chi connectivity index (χ4v) is 3.69.